The van der Waals surface area contributed by atoms with Crippen LogP contribution in [0.5, 0.6) is 5.88 Å². The van der Waals surface area contributed by atoms with Gasteiger partial charge in [0.05, 0.1) is 5.56 Å². The zero-order chi connectivity index (χ0) is 18.2. The summed E-state index contributed by atoms with van der Waals surface area (Å²) in [5.41, 5.74) is 1.72. The van der Waals surface area contributed by atoms with Crippen LogP contribution in [-0.4, -0.2) is 23.0 Å². The van der Waals surface area contributed by atoms with Crippen molar-refractivity contribution in [1.82, 2.24) is 10.3 Å². The van der Waals surface area contributed by atoms with Crippen LogP contribution in [0.2, 0.25) is 0 Å². The van der Waals surface area contributed by atoms with E-state index >= 15 is 0 Å². The van der Waals surface area contributed by atoms with E-state index in [1.165, 1.54) is 11.8 Å². The van der Waals surface area contributed by atoms with E-state index in [1.54, 1.807) is 12.1 Å². The Bertz CT molecular complexity index is 745. The number of nitrogens with zero attached hydrogens (tertiary/aromatic N) is 2. The molecule has 1 amide bonds. The minimum Gasteiger partial charge on any atom is -0.474 e. The van der Waals surface area contributed by atoms with E-state index in [2.05, 4.69) is 10.3 Å². The molecule has 26 heavy (non-hydrogen) atoms. The fourth-order valence-corrected chi connectivity index (χ4v) is 3.21. The molecule has 1 aliphatic carbocycles. The molecule has 0 aliphatic heterocycles. The molecule has 0 atom stereocenters. The van der Waals surface area contributed by atoms with Gasteiger partial charge < -0.3 is 10.1 Å². The van der Waals surface area contributed by atoms with Crippen molar-refractivity contribution in [2.45, 2.75) is 50.7 Å². The number of amides is 1. The van der Waals surface area contributed by atoms with Gasteiger partial charge in [-0.05, 0) is 43.7 Å². The molecule has 1 N–H and O–H groups in total. The maximum absolute atomic E-state index is 12.1. The Morgan fingerprint density at radius 3 is 2.58 bits per heavy atom. The van der Waals surface area contributed by atoms with Crippen molar-refractivity contribution >= 4 is 5.91 Å². The number of pyridine rings is 1. The highest BCUT2D eigenvalue weighted by Crippen LogP contribution is 2.23. The SMILES string of the molecule is N#Cc1ccc(OC2CCC(NC(=O)CCc3ccccc3)CC2)nc1. The standard InChI is InChI=1S/C21H23N3O2/c22-14-17-7-13-21(23-15-17)26-19-10-8-18(9-11-19)24-20(25)12-6-16-4-2-1-3-5-16/h1-5,7,13,15,18-19H,6,8-12H2,(H,24,25). The van der Waals surface area contributed by atoms with Crippen LogP contribution in [0.15, 0.2) is 48.7 Å². The van der Waals surface area contributed by atoms with E-state index in [0.717, 1.165) is 32.1 Å². The zero-order valence-electron chi connectivity index (χ0n) is 14.7. The zero-order valence-corrected chi connectivity index (χ0v) is 14.7. The lowest BCUT2D eigenvalue weighted by Crippen LogP contribution is -2.39. The van der Waals surface area contributed by atoms with Crippen molar-refractivity contribution < 1.29 is 9.53 Å². The Hall–Kier alpha value is -2.87. The molecule has 3 rings (SSSR count). The minimum atomic E-state index is 0.118. The average Bonchev–Trinajstić information content (AvgIpc) is 2.69. The lowest BCUT2D eigenvalue weighted by Gasteiger charge is -2.29. The molecule has 1 saturated carbocycles. The number of rotatable bonds is 6. The topological polar surface area (TPSA) is 75.0 Å². The summed E-state index contributed by atoms with van der Waals surface area (Å²) in [5.74, 6) is 0.673. The van der Waals surface area contributed by atoms with Crippen molar-refractivity contribution in [3.05, 3.63) is 59.8 Å². The van der Waals surface area contributed by atoms with E-state index < -0.39 is 0 Å². The molecule has 5 heteroatoms. The molecule has 0 unspecified atom stereocenters. The molecular formula is C21H23N3O2. The van der Waals surface area contributed by atoms with Crippen molar-refractivity contribution in [2.24, 2.45) is 0 Å². The molecule has 1 fully saturated rings. The molecule has 1 aliphatic rings. The number of hydrogen-bond donors (Lipinski definition) is 1. The molecule has 0 spiro atoms. The summed E-state index contributed by atoms with van der Waals surface area (Å²) >= 11 is 0. The first-order chi connectivity index (χ1) is 12.7. The Labute approximate surface area is 154 Å². The van der Waals surface area contributed by atoms with Gasteiger partial charge in [0.2, 0.25) is 11.8 Å². The highest BCUT2D eigenvalue weighted by molar-refractivity contribution is 5.76. The molecule has 0 bridgehead atoms. The summed E-state index contributed by atoms with van der Waals surface area (Å²) in [5, 5.41) is 11.9. The predicted molar refractivity (Wildman–Crippen MR) is 98.5 cm³/mol. The van der Waals surface area contributed by atoms with Gasteiger partial charge in [0, 0.05) is 24.7 Å². The van der Waals surface area contributed by atoms with Gasteiger partial charge >= 0.3 is 0 Å². The Kier molecular flexibility index (Phi) is 6.21. The fraction of sp³-hybridized carbons (Fsp3) is 0.381. The highest BCUT2D eigenvalue weighted by atomic mass is 16.5. The van der Waals surface area contributed by atoms with Crippen LogP contribution in [0.1, 0.15) is 43.2 Å². The Morgan fingerprint density at radius 1 is 1.15 bits per heavy atom. The molecular weight excluding hydrogens is 326 g/mol. The molecule has 134 valence electrons. The third-order valence-corrected chi connectivity index (χ3v) is 4.68. The molecule has 5 nitrogen and oxygen atoms in total. The first kappa shape index (κ1) is 17.9. The Morgan fingerprint density at radius 2 is 1.92 bits per heavy atom. The van der Waals surface area contributed by atoms with Crippen LogP contribution in [0.25, 0.3) is 0 Å². The second-order valence-electron chi connectivity index (χ2n) is 6.64. The Balaban J connectivity index is 1.37. The van der Waals surface area contributed by atoms with E-state index in [9.17, 15) is 4.79 Å². The van der Waals surface area contributed by atoms with E-state index in [4.69, 9.17) is 10.00 Å². The van der Waals surface area contributed by atoms with Gasteiger partial charge in [-0.25, -0.2) is 4.98 Å². The van der Waals surface area contributed by atoms with Crippen LogP contribution in [-0.2, 0) is 11.2 Å². The maximum atomic E-state index is 12.1. The number of aromatic nitrogens is 1. The molecule has 1 aromatic carbocycles. The van der Waals surface area contributed by atoms with Crippen molar-refractivity contribution in [3.63, 3.8) is 0 Å². The smallest absolute Gasteiger partial charge is 0.220 e. The molecule has 0 saturated heterocycles. The van der Waals surface area contributed by atoms with Gasteiger partial charge in [-0.2, -0.15) is 5.26 Å². The maximum Gasteiger partial charge on any atom is 0.220 e. The summed E-state index contributed by atoms with van der Waals surface area (Å²) in [6.07, 6.45) is 6.55. The molecule has 2 aromatic rings. The second-order valence-corrected chi connectivity index (χ2v) is 6.64. The van der Waals surface area contributed by atoms with Crippen LogP contribution in [0.3, 0.4) is 0 Å². The van der Waals surface area contributed by atoms with Gasteiger partial charge in [0.1, 0.15) is 12.2 Å². The van der Waals surface area contributed by atoms with E-state index in [0.29, 0.717) is 17.9 Å². The fourth-order valence-electron chi connectivity index (χ4n) is 3.21. The summed E-state index contributed by atoms with van der Waals surface area (Å²) in [7, 11) is 0. The first-order valence-electron chi connectivity index (χ1n) is 9.09. The van der Waals surface area contributed by atoms with Crippen molar-refractivity contribution in [1.29, 1.82) is 5.26 Å². The van der Waals surface area contributed by atoms with Gasteiger partial charge in [-0.1, -0.05) is 30.3 Å². The number of nitrogens with one attached hydrogen (secondary N) is 1. The molecule has 1 heterocycles. The van der Waals surface area contributed by atoms with E-state index in [1.807, 2.05) is 36.4 Å². The number of carbonyl (C=O) groups is 1. The minimum absolute atomic E-state index is 0.118. The number of benzene rings is 1. The van der Waals surface area contributed by atoms with Crippen LogP contribution >= 0.6 is 0 Å². The van der Waals surface area contributed by atoms with Crippen LogP contribution in [0.4, 0.5) is 0 Å². The van der Waals surface area contributed by atoms with Crippen molar-refractivity contribution in [3.8, 4) is 11.9 Å². The van der Waals surface area contributed by atoms with Gasteiger partial charge in [-0.15, -0.1) is 0 Å². The van der Waals surface area contributed by atoms with Crippen molar-refractivity contribution in [2.75, 3.05) is 0 Å². The molecule has 0 radical (unpaired) electrons. The summed E-state index contributed by atoms with van der Waals surface area (Å²) in [6, 6.07) is 15.8. The number of aryl methyl sites for hydroxylation is 1. The number of carbonyl (C=O) groups excluding carboxylic acids is 1. The van der Waals surface area contributed by atoms with Crippen LogP contribution in [0, 0.1) is 11.3 Å². The largest absolute Gasteiger partial charge is 0.474 e. The lowest BCUT2D eigenvalue weighted by atomic mass is 9.92. The number of hydrogen-bond acceptors (Lipinski definition) is 4. The van der Waals surface area contributed by atoms with Gasteiger partial charge in [0.15, 0.2) is 0 Å². The monoisotopic (exact) mass is 349 g/mol. The first-order valence-corrected chi connectivity index (χ1v) is 9.09. The summed E-state index contributed by atoms with van der Waals surface area (Å²) in [4.78, 5) is 16.3. The lowest BCUT2D eigenvalue weighted by molar-refractivity contribution is -0.122. The van der Waals surface area contributed by atoms with E-state index in [-0.39, 0.29) is 18.1 Å². The van der Waals surface area contributed by atoms with Crippen LogP contribution < -0.4 is 10.1 Å². The summed E-state index contributed by atoms with van der Waals surface area (Å²) < 4.78 is 5.88. The molecule has 1 aromatic heterocycles. The van der Waals surface area contributed by atoms with Gasteiger partial charge in [-0.3, -0.25) is 4.79 Å². The second kappa shape index (κ2) is 9.00. The number of nitriles is 1. The average molecular weight is 349 g/mol. The highest BCUT2D eigenvalue weighted by Gasteiger charge is 2.23. The van der Waals surface area contributed by atoms with Gasteiger partial charge in [0.25, 0.3) is 0 Å². The quantitative estimate of drug-likeness (QED) is 0.867. The third kappa shape index (κ3) is 5.32. The normalized spacial score (nSPS) is 19.3. The number of ether oxygens (including phenoxy) is 1. The third-order valence-electron chi connectivity index (χ3n) is 4.68. The summed E-state index contributed by atoms with van der Waals surface area (Å²) in [6.45, 7) is 0. The predicted octanol–water partition coefficient (Wildman–Crippen LogP) is 3.39.